The first kappa shape index (κ1) is 16.8. The summed E-state index contributed by atoms with van der Waals surface area (Å²) in [5.74, 6) is -0.550. The number of carbonyl (C=O) groups excluding carboxylic acids is 2. The second kappa shape index (κ2) is 8.14. The third-order valence-corrected chi connectivity index (χ3v) is 2.63. The lowest BCUT2D eigenvalue weighted by molar-refractivity contribution is -0.137. The van der Waals surface area contributed by atoms with Crippen LogP contribution in [0.4, 0.5) is 0 Å². The van der Waals surface area contributed by atoms with Gasteiger partial charge in [0, 0.05) is 24.2 Å². The molecule has 0 aromatic rings. The molecule has 2 amide bonds. The minimum Gasteiger partial charge on any atom is -0.378 e. The molecule has 6 nitrogen and oxygen atoms in total. The van der Waals surface area contributed by atoms with Crippen molar-refractivity contribution in [2.24, 2.45) is 0 Å². The van der Waals surface area contributed by atoms with Crippen LogP contribution in [-0.2, 0) is 19.1 Å². The highest BCUT2D eigenvalue weighted by molar-refractivity contribution is 6.12. The fourth-order valence-corrected chi connectivity index (χ4v) is 1.63. The number of rotatable bonds is 9. The Kier molecular flexibility index (Phi) is 6.84. The molecular formula is C14H24N2O4. The summed E-state index contributed by atoms with van der Waals surface area (Å²) in [6.45, 7) is 9.33. The van der Waals surface area contributed by atoms with E-state index < -0.39 is 0 Å². The second-order valence-electron chi connectivity index (χ2n) is 5.56. The van der Waals surface area contributed by atoms with Gasteiger partial charge in [0.25, 0.3) is 11.8 Å². The molecule has 20 heavy (non-hydrogen) atoms. The van der Waals surface area contributed by atoms with Crippen molar-refractivity contribution in [3.63, 3.8) is 0 Å². The van der Waals surface area contributed by atoms with E-state index in [0.29, 0.717) is 26.4 Å². The van der Waals surface area contributed by atoms with Crippen molar-refractivity contribution >= 4 is 11.8 Å². The Hall–Kier alpha value is -1.24. The van der Waals surface area contributed by atoms with Crippen molar-refractivity contribution in [1.82, 2.24) is 10.2 Å². The molecule has 1 aliphatic rings. The third kappa shape index (κ3) is 6.79. The molecule has 0 unspecified atom stereocenters. The molecule has 0 atom stereocenters. The van der Waals surface area contributed by atoms with Gasteiger partial charge in [0.1, 0.15) is 0 Å². The first-order valence-electron chi connectivity index (χ1n) is 6.84. The van der Waals surface area contributed by atoms with Crippen molar-refractivity contribution in [2.45, 2.75) is 26.3 Å². The van der Waals surface area contributed by atoms with E-state index >= 15 is 0 Å². The van der Waals surface area contributed by atoms with Crippen LogP contribution in [0.1, 0.15) is 20.8 Å². The number of imide groups is 1. The van der Waals surface area contributed by atoms with Crippen molar-refractivity contribution in [3.8, 4) is 0 Å². The van der Waals surface area contributed by atoms with Gasteiger partial charge < -0.3 is 14.8 Å². The summed E-state index contributed by atoms with van der Waals surface area (Å²) in [6.07, 6.45) is 2.54. The summed E-state index contributed by atoms with van der Waals surface area (Å²) in [5, 5.41) is 3.32. The van der Waals surface area contributed by atoms with Crippen LogP contribution in [0, 0.1) is 0 Å². The summed E-state index contributed by atoms with van der Waals surface area (Å²) in [7, 11) is 0. The molecule has 0 fully saturated rings. The minimum absolute atomic E-state index is 0.0999. The minimum atomic E-state index is -0.275. The van der Waals surface area contributed by atoms with Crippen molar-refractivity contribution in [1.29, 1.82) is 0 Å². The number of nitrogens with zero attached hydrogens (tertiary/aromatic N) is 1. The molecule has 6 heteroatoms. The maximum atomic E-state index is 11.2. The van der Waals surface area contributed by atoms with E-state index in [2.05, 4.69) is 26.1 Å². The first-order valence-corrected chi connectivity index (χ1v) is 6.84. The summed E-state index contributed by atoms with van der Waals surface area (Å²) in [5.41, 5.74) is 0.0999. The van der Waals surface area contributed by atoms with Crippen molar-refractivity contribution in [2.75, 3.05) is 39.5 Å². The van der Waals surface area contributed by atoms with Crippen LogP contribution in [0.2, 0.25) is 0 Å². The SMILES string of the molecule is CC(C)(C)NCCOCCOCCN1C(=O)C=CC1=O. The summed E-state index contributed by atoms with van der Waals surface area (Å²) in [4.78, 5) is 23.6. The Balaban J connectivity index is 1.91. The van der Waals surface area contributed by atoms with Crippen LogP contribution in [0.25, 0.3) is 0 Å². The summed E-state index contributed by atoms with van der Waals surface area (Å²) < 4.78 is 10.7. The standard InChI is InChI=1S/C14H24N2O4/c1-14(2,3)15-6-8-19-10-11-20-9-7-16-12(17)4-5-13(16)18/h4-5,15H,6-11H2,1-3H3. The smallest absolute Gasteiger partial charge is 0.253 e. The highest BCUT2D eigenvalue weighted by Crippen LogP contribution is 2.02. The van der Waals surface area contributed by atoms with E-state index in [1.807, 2.05) is 0 Å². The van der Waals surface area contributed by atoms with Crippen LogP contribution in [0.3, 0.4) is 0 Å². The first-order chi connectivity index (χ1) is 9.40. The zero-order chi connectivity index (χ0) is 15.0. The number of amides is 2. The van der Waals surface area contributed by atoms with Gasteiger partial charge in [-0.1, -0.05) is 0 Å². The van der Waals surface area contributed by atoms with Gasteiger partial charge in [-0.25, -0.2) is 0 Å². The fourth-order valence-electron chi connectivity index (χ4n) is 1.63. The Morgan fingerprint density at radius 2 is 1.55 bits per heavy atom. The molecule has 0 aromatic carbocycles. The number of carbonyl (C=O) groups is 2. The number of hydrogen-bond donors (Lipinski definition) is 1. The predicted octanol–water partition coefficient (Wildman–Crippen LogP) is 0.333. The second-order valence-corrected chi connectivity index (χ2v) is 5.56. The lowest BCUT2D eigenvalue weighted by Crippen LogP contribution is -2.38. The van der Waals surface area contributed by atoms with E-state index in [9.17, 15) is 9.59 Å². The molecule has 0 aromatic heterocycles. The Morgan fingerprint density at radius 3 is 2.10 bits per heavy atom. The molecule has 0 saturated heterocycles. The maximum Gasteiger partial charge on any atom is 0.253 e. The van der Waals surface area contributed by atoms with Gasteiger partial charge in [-0.2, -0.15) is 0 Å². The van der Waals surface area contributed by atoms with Crippen molar-refractivity contribution in [3.05, 3.63) is 12.2 Å². The normalized spacial score (nSPS) is 15.4. The molecule has 0 saturated carbocycles. The molecule has 1 aliphatic heterocycles. The van der Waals surface area contributed by atoms with Crippen molar-refractivity contribution < 1.29 is 19.1 Å². The fraction of sp³-hybridized carbons (Fsp3) is 0.714. The predicted molar refractivity (Wildman–Crippen MR) is 75.3 cm³/mol. The number of nitrogens with one attached hydrogen (secondary N) is 1. The zero-order valence-electron chi connectivity index (χ0n) is 12.5. The summed E-state index contributed by atoms with van der Waals surface area (Å²) in [6, 6.07) is 0. The van der Waals surface area contributed by atoms with Gasteiger partial charge in [0.05, 0.1) is 33.0 Å². The van der Waals surface area contributed by atoms with Gasteiger partial charge in [-0.3, -0.25) is 14.5 Å². The zero-order valence-corrected chi connectivity index (χ0v) is 12.5. The van der Waals surface area contributed by atoms with Crippen LogP contribution in [-0.4, -0.2) is 61.8 Å². The molecule has 0 radical (unpaired) electrons. The average Bonchev–Trinajstić information content (AvgIpc) is 2.66. The molecule has 0 aliphatic carbocycles. The van der Waals surface area contributed by atoms with E-state index in [0.717, 1.165) is 11.4 Å². The highest BCUT2D eigenvalue weighted by Gasteiger charge is 2.22. The van der Waals surface area contributed by atoms with Gasteiger partial charge in [0.15, 0.2) is 0 Å². The lowest BCUT2D eigenvalue weighted by atomic mass is 10.1. The van der Waals surface area contributed by atoms with Crippen LogP contribution in [0.5, 0.6) is 0 Å². The molecule has 0 spiro atoms. The quantitative estimate of drug-likeness (QED) is 0.488. The Bertz CT molecular complexity index is 343. The summed E-state index contributed by atoms with van der Waals surface area (Å²) >= 11 is 0. The molecule has 1 N–H and O–H groups in total. The Labute approximate surface area is 120 Å². The van der Waals surface area contributed by atoms with E-state index in [4.69, 9.17) is 9.47 Å². The molecule has 114 valence electrons. The highest BCUT2D eigenvalue weighted by atomic mass is 16.5. The van der Waals surface area contributed by atoms with Gasteiger partial charge in [-0.15, -0.1) is 0 Å². The number of ether oxygens (including phenoxy) is 2. The van der Waals surface area contributed by atoms with E-state index in [1.54, 1.807) is 0 Å². The molecular weight excluding hydrogens is 260 g/mol. The average molecular weight is 284 g/mol. The maximum absolute atomic E-state index is 11.2. The van der Waals surface area contributed by atoms with Gasteiger partial charge >= 0.3 is 0 Å². The molecule has 1 rings (SSSR count). The van der Waals surface area contributed by atoms with Crippen LogP contribution < -0.4 is 5.32 Å². The van der Waals surface area contributed by atoms with Gasteiger partial charge in [0.2, 0.25) is 0 Å². The van der Waals surface area contributed by atoms with Crippen LogP contribution in [0.15, 0.2) is 12.2 Å². The molecule has 1 heterocycles. The monoisotopic (exact) mass is 284 g/mol. The van der Waals surface area contributed by atoms with Gasteiger partial charge in [-0.05, 0) is 20.8 Å². The Morgan fingerprint density at radius 1 is 1.00 bits per heavy atom. The third-order valence-electron chi connectivity index (χ3n) is 2.63. The molecule has 0 bridgehead atoms. The lowest BCUT2D eigenvalue weighted by Gasteiger charge is -2.20. The van der Waals surface area contributed by atoms with E-state index in [-0.39, 0.29) is 23.9 Å². The largest absolute Gasteiger partial charge is 0.378 e. The topological polar surface area (TPSA) is 67.9 Å². The van der Waals surface area contributed by atoms with Crippen LogP contribution >= 0.6 is 0 Å². The van der Waals surface area contributed by atoms with E-state index in [1.165, 1.54) is 12.2 Å². The number of hydrogen-bond acceptors (Lipinski definition) is 5.